The average molecular weight is 146 g/mol. The average Bonchev–Trinajstić information content (AvgIpc) is 1.59. The highest BCUT2D eigenvalue weighted by atomic mass is 16.5. The van der Waals surface area contributed by atoms with Crippen LogP contribution in [0.5, 0.6) is 0 Å². The van der Waals surface area contributed by atoms with Crippen LogP contribution in [0.2, 0.25) is 0 Å². The molecule has 0 amide bonds. The van der Waals surface area contributed by atoms with Crippen molar-refractivity contribution in [2.24, 2.45) is 0 Å². The Balaban J connectivity index is 3.56. The van der Waals surface area contributed by atoms with Gasteiger partial charge in [-0.05, 0) is 20.8 Å². The standard InChI is InChI=1S/C7H14O3/c1-6(10-5-8)4-7(2,3)9/h5-6,9H,4H2,1-3H3. The van der Waals surface area contributed by atoms with Crippen LogP contribution in [0.1, 0.15) is 27.2 Å². The first-order chi connectivity index (χ1) is 4.45. The van der Waals surface area contributed by atoms with Crippen LogP contribution in [0, 0.1) is 0 Å². The minimum Gasteiger partial charge on any atom is -0.465 e. The summed E-state index contributed by atoms with van der Waals surface area (Å²) in [5.41, 5.74) is -0.761. The summed E-state index contributed by atoms with van der Waals surface area (Å²) in [6.07, 6.45) is 0.253. The third-order valence-corrected chi connectivity index (χ3v) is 1.07. The molecule has 0 radical (unpaired) electrons. The zero-order valence-electron chi connectivity index (χ0n) is 6.63. The van der Waals surface area contributed by atoms with Gasteiger partial charge in [0, 0.05) is 6.42 Å². The van der Waals surface area contributed by atoms with Crippen LogP contribution in [-0.4, -0.2) is 23.3 Å². The molecule has 3 nitrogen and oxygen atoms in total. The first kappa shape index (κ1) is 9.43. The molecule has 0 heterocycles. The molecule has 0 rings (SSSR count). The molecule has 10 heavy (non-hydrogen) atoms. The van der Waals surface area contributed by atoms with Gasteiger partial charge in [0.1, 0.15) is 6.10 Å². The van der Waals surface area contributed by atoms with E-state index in [4.69, 9.17) is 0 Å². The highest BCUT2D eigenvalue weighted by Crippen LogP contribution is 2.11. The lowest BCUT2D eigenvalue weighted by Crippen LogP contribution is -2.25. The third-order valence-electron chi connectivity index (χ3n) is 1.07. The van der Waals surface area contributed by atoms with Crippen molar-refractivity contribution in [3.05, 3.63) is 0 Å². The molecule has 0 bridgehead atoms. The van der Waals surface area contributed by atoms with Crippen molar-refractivity contribution in [2.75, 3.05) is 0 Å². The van der Waals surface area contributed by atoms with E-state index in [1.807, 2.05) is 0 Å². The maximum absolute atomic E-state index is 9.80. The van der Waals surface area contributed by atoms with Crippen LogP contribution in [0.25, 0.3) is 0 Å². The van der Waals surface area contributed by atoms with Crippen molar-refractivity contribution in [1.82, 2.24) is 0 Å². The predicted molar refractivity (Wildman–Crippen MR) is 37.5 cm³/mol. The van der Waals surface area contributed by atoms with E-state index < -0.39 is 5.60 Å². The Bertz CT molecular complexity index is 104. The topological polar surface area (TPSA) is 46.5 Å². The highest BCUT2D eigenvalue weighted by Gasteiger charge is 2.17. The van der Waals surface area contributed by atoms with Gasteiger partial charge in [0.05, 0.1) is 5.60 Å². The molecule has 0 aromatic carbocycles. The Hall–Kier alpha value is -0.570. The van der Waals surface area contributed by atoms with E-state index in [2.05, 4.69) is 4.74 Å². The Morgan fingerprint density at radius 3 is 2.50 bits per heavy atom. The Morgan fingerprint density at radius 2 is 2.20 bits per heavy atom. The smallest absolute Gasteiger partial charge is 0.293 e. The Kier molecular flexibility index (Phi) is 3.36. The molecule has 60 valence electrons. The number of carbonyl (C=O) groups is 1. The number of carbonyl (C=O) groups excluding carboxylic acids is 1. The molecule has 1 unspecified atom stereocenters. The molecule has 0 aromatic rings. The fourth-order valence-electron chi connectivity index (χ4n) is 0.846. The van der Waals surface area contributed by atoms with E-state index in [1.54, 1.807) is 20.8 Å². The van der Waals surface area contributed by atoms with Gasteiger partial charge in [0.25, 0.3) is 6.47 Å². The molecule has 0 saturated carbocycles. The molecule has 0 saturated heterocycles. The number of rotatable bonds is 4. The molecule has 1 N–H and O–H groups in total. The van der Waals surface area contributed by atoms with Crippen LogP contribution >= 0.6 is 0 Å². The van der Waals surface area contributed by atoms with Crippen molar-refractivity contribution in [2.45, 2.75) is 38.9 Å². The van der Waals surface area contributed by atoms with Gasteiger partial charge in [0.2, 0.25) is 0 Å². The molecule has 0 spiro atoms. The first-order valence-corrected chi connectivity index (χ1v) is 3.27. The molecule has 0 aliphatic heterocycles. The van der Waals surface area contributed by atoms with Gasteiger partial charge in [-0.1, -0.05) is 0 Å². The lowest BCUT2D eigenvalue weighted by molar-refractivity contribution is -0.134. The van der Waals surface area contributed by atoms with Gasteiger partial charge < -0.3 is 9.84 Å². The van der Waals surface area contributed by atoms with E-state index in [1.165, 1.54) is 0 Å². The van der Waals surface area contributed by atoms with E-state index >= 15 is 0 Å². The number of hydrogen-bond donors (Lipinski definition) is 1. The van der Waals surface area contributed by atoms with Crippen LogP contribution in [0.3, 0.4) is 0 Å². The van der Waals surface area contributed by atoms with Crippen LogP contribution in [-0.2, 0) is 9.53 Å². The summed E-state index contributed by atoms with van der Waals surface area (Å²) in [6.45, 7) is 5.50. The number of hydrogen-bond acceptors (Lipinski definition) is 3. The van der Waals surface area contributed by atoms with Crippen molar-refractivity contribution in [3.63, 3.8) is 0 Å². The van der Waals surface area contributed by atoms with E-state index in [0.717, 1.165) is 0 Å². The first-order valence-electron chi connectivity index (χ1n) is 3.27. The summed E-state index contributed by atoms with van der Waals surface area (Å²) in [5.74, 6) is 0. The van der Waals surface area contributed by atoms with Gasteiger partial charge in [-0.3, -0.25) is 4.79 Å². The fourth-order valence-corrected chi connectivity index (χ4v) is 0.846. The van der Waals surface area contributed by atoms with Crippen LogP contribution in [0.15, 0.2) is 0 Å². The van der Waals surface area contributed by atoms with Crippen molar-refractivity contribution in [3.8, 4) is 0 Å². The Labute approximate surface area is 61.0 Å². The second-order valence-electron chi connectivity index (χ2n) is 3.06. The molecule has 0 fully saturated rings. The molecular weight excluding hydrogens is 132 g/mol. The zero-order chi connectivity index (χ0) is 8.20. The van der Waals surface area contributed by atoms with E-state index in [9.17, 15) is 9.90 Å². The lowest BCUT2D eigenvalue weighted by atomic mass is 10.0. The van der Waals surface area contributed by atoms with Crippen LogP contribution < -0.4 is 0 Å². The second kappa shape index (κ2) is 3.56. The SMILES string of the molecule is CC(CC(C)(C)O)OC=O. The second-order valence-corrected chi connectivity index (χ2v) is 3.06. The maximum atomic E-state index is 9.80. The van der Waals surface area contributed by atoms with Gasteiger partial charge in [-0.25, -0.2) is 0 Å². The van der Waals surface area contributed by atoms with Gasteiger partial charge >= 0.3 is 0 Å². The summed E-state index contributed by atoms with van der Waals surface area (Å²) >= 11 is 0. The van der Waals surface area contributed by atoms with Gasteiger partial charge in [-0.15, -0.1) is 0 Å². The number of ether oxygens (including phenoxy) is 1. The molecule has 3 heteroatoms. The van der Waals surface area contributed by atoms with Crippen LogP contribution in [0.4, 0.5) is 0 Å². The minimum absolute atomic E-state index is 0.211. The summed E-state index contributed by atoms with van der Waals surface area (Å²) in [4.78, 5) is 9.80. The maximum Gasteiger partial charge on any atom is 0.293 e. The largest absolute Gasteiger partial charge is 0.465 e. The van der Waals surface area contributed by atoms with Gasteiger partial charge in [0.15, 0.2) is 0 Å². The molecular formula is C7H14O3. The quantitative estimate of drug-likeness (QED) is 0.594. The molecule has 0 aliphatic carbocycles. The lowest BCUT2D eigenvalue weighted by Gasteiger charge is -2.20. The third kappa shape index (κ3) is 5.56. The van der Waals surface area contributed by atoms with E-state index in [-0.39, 0.29) is 6.10 Å². The molecule has 0 aromatic heterocycles. The summed E-state index contributed by atoms with van der Waals surface area (Å²) < 4.78 is 4.58. The summed E-state index contributed by atoms with van der Waals surface area (Å²) in [7, 11) is 0. The zero-order valence-corrected chi connectivity index (χ0v) is 6.63. The summed E-state index contributed by atoms with van der Waals surface area (Å²) in [5, 5.41) is 9.22. The van der Waals surface area contributed by atoms with Crippen molar-refractivity contribution >= 4 is 6.47 Å². The van der Waals surface area contributed by atoms with E-state index in [0.29, 0.717) is 12.9 Å². The number of aliphatic hydroxyl groups is 1. The van der Waals surface area contributed by atoms with Gasteiger partial charge in [-0.2, -0.15) is 0 Å². The minimum atomic E-state index is -0.761. The predicted octanol–water partition coefficient (Wildman–Crippen LogP) is 0.709. The monoisotopic (exact) mass is 146 g/mol. The van der Waals surface area contributed by atoms with Crippen molar-refractivity contribution in [1.29, 1.82) is 0 Å². The summed E-state index contributed by atoms with van der Waals surface area (Å²) in [6, 6.07) is 0. The Morgan fingerprint density at radius 1 is 1.70 bits per heavy atom. The highest BCUT2D eigenvalue weighted by molar-refractivity contribution is 5.37. The molecule has 0 aliphatic rings. The van der Waals surface area contributed by atoms with Crippen molar-refractivity contribution < 1.29 is 14.6 Å². The molecule has 1 atom stereocenters. The fraction of sp³-hybridized carbons (Fsp3) is 0.857. The normalized spacial score (nSPS) is 14.4.